The van der Waals surface area contributed by atoms with E-state index in [1.165, 1.54) is 6.92 Å². The first-order chi connectivity index (χ1) is 14.5. The summed E-state index contributed by atoms with van der Waals surface area (Å²) in [7, 11) is 0. The number of hydrogen-bond acceptors (Lipinski definition) is 6. The third-order valence-corrected chi connectivity index (χ3v) is 4.16. The molecule has 0 saturated heterocycles. The molecule has 1 heterocycles. The van der Waals surface area contributed by atoms with Crippen LogP contribution < -0.4 is 10.6 Å². The van der Waals surface area contributed by atoms with E-state index >= 15 is 0 Å². The third kappa shape index (κ3) is 5.24. The van der Waals surface area contributed by atoms with Crippen LogP contribution in [0.2, 0.25) is 0 Å². The maximum Gasteiger partial charge on any atom is 0.375 e. The molecule has 0 fully saturated rings. The third-order valence-electron chi connectivity index (χ3n) is 4.16. The van der Waals surface area contributed by atoms with Crippen molar-refractivity contribution in [3.63, 3.8) is 0 Å². The summed E-state index contributed by atoms with van der Waals surface area (Å²) in [6.07, 6.45) is 0. The van der Waals surface area contributed by atoms with Crippen LogP contribution in [0.4, 0.5) is 11.4 Å². The van der Waals surface area contributed by atoms with E-state index in [0.29, 0.717) is 29.1 Å². The number of ether oxygens (including phenoxy) is 2. The van der Waals surface area contributed by atoms with E-state index in [1.807, 2.05) is 19.1 Å². The normalized spacial score (nSPS) is 10.6. The Bertz CT molecular complexity index is 1060. The largest absolute Gasteiger partial charge is 0.450 e. The van der Waals surface area contributed by atoms with Crippen LogP contribution in [0.1, 0.15) is 30.0 Å². The lowest BCUT2D eigenvalue weighted by atomic mass is 10.1. The van der Waals surface area contributed by atoms with Crippen LogP contribution in [0, 0.1) is 0 Å². The fourth-order valence-electron chi connectivity index (χ4n) is 2.84. The zero-order chi connectivity index (χ0) is 21.5. The van der Waals surface area contributed by atoms with Crippen LogP contribution in [-0.2, 0) is 25.7 Å². The van der Waals surface area contributed by atoms with Crippen molar-refractivity contribution in [1.82, 2.24) is 0 Å². The highest BCUT2D eigenvalue weighted by atomic mass is 16.5. The number of furan rings is 1. The Morgan fingerprint density at radius 2 is 1.63 bits per heavy atom. The van der Waals surface area contributed by atoms with Crippen molar-refractivity contribution in [2.75, 3.05) is 23.8 Å². The molecule has 1 aromatic heterocycles. The van der Waals surface area contributed by atoms with Crippen molar-refractivity contribution < 1.29 is 28.3 Å². The molecule has 2 aromatic carbocycles. The summed E-state index contributed by atoms with van der Waals surface area (Å²) >= 11 is 0. The quantitative estimate of drug-likeness (QED) is 0.548. The van der Waals surface area contributed by atoms with Crippen molar-refractivity contribution >= 4 is 40.1 Å². The Balaban J connectivity index is 1.62. The fourth-order valence-corrected chi connectivity index (χ4v) is 2.84. The second-order valence-electron chi connectivity index (χ2n) is 6.43. The summed E-state index contributed by atoms with van der Waals surface area (Å²) in [5.74, 6) is -1.40. The van der Waals surface area contributed by atoms with Crippen molar-refractivity contribution in [3.8, 4) is 0 Å². The number of benzene rings is 2. The van der Waals surface area contributed by atoms with E-state index in [0.717, 1.165) is 5.39 Å². The van der Waals surface area contributed by atoms with Crippen molar-refractivity contribution in [2.24, 2.45) is 0 Å². The summed E-state index contributed by atoms with van der Waals surface area (Å²) in [6.45, 7) is 3.47. The lowest BCUT2D eigenvalue weighted by molar-refractivity contribution is -0.119. The number of carbonyl (C=O) groups excluding carboxylic acids is 3. The van der Waals surface area contributed by atoms with Gasteiger partial charge in [-0.25, -0.2) is 4.79 Å². The smallest absolute Gasteiger partial charge is 0.375 e. The Hall–Kier alpha value is -3.65. The van der Waals surface area contributed by atoms with Gasteiger partial charge in [0.05, 0.1) is 6.61 Å². The van der Waals surface area contributed by atoms with Gasteiger partial charge in [0.25, 0.3) is 5.91 Å². The van der Waals surface area contributed by atoms with Crippen LogP contribution in [0.15, 0.2) is 52.9 Å². The predicted octanol–water partition coefficient (Wildman–Crippen LogP) is 3.72. The van der Waals surface area contributed by atoms with E-state index < -0.39 is 18.5 Å². The fraction of sp³-hybridized carbons (Fsp3) is 0.227. The van der Waals surface area contributed by atoms with Gasteiger partial charge >= 0.3 is 5.97 Å². The zero-order valence-corrected chi connectivity index (χ0v) is 16.7. The van der Waals surface area contributed by atoms with E-state index in [-0.39, 0.29) is 18.3 Å². The summed E-state index contributed by atoms with van der Waals surface area (Å²) < 4.78 is 16.2. The van der Waals surface area contributed by atoms with Crippen LogP contribution >= 0.6 is 0 Å². The molecule has 3 rings (SSSR count). The number of nitrogens with one attached hydrogen (secondary N) is 2. The number of hydrogen-bond donors (Lipinski definition) is 2. The van der Waals surface area contributed by atoms with Gasteiger partial charge < -0.3 is 24.5 Å². The van der Waals surface area contributed by atoms with Gasteiger partial charge in [-0.05, 0) is 37.3 Å². The predicted molar refractivity (Wildman–Crippen MR) is 111 cm³/mol. The molecule has 0 spiro atoms. The molecule has 156 valence electrons. The standard InChI is InChI=1S/C22H22N2O6/c1-3-28-12-18-17-6-4-5-7-19(17)30-21(18)22(27)29-13-20(26)24-16-10-8-15(9-11-16)23-14(2)25/h4-11H,3,12-13H2,1-2H3,(H,23,25)(H,24,26). The average molecular weight is 410 g/mol. The van der Waals surface area contributed by atoms with Gasteiger partial charge in [0.15, 0.2) is 6.61 Å². The first-order valence-corrected chi connectivity index (χ1v) is 9.40. The Labute approximate surface area is 173 Å². The molecule has 0 aliphatic carbocycles. The van der Waals surface area contributed by atoms with E-state index in [9.17, 15) is 14.4 Å². The number of para-hydroxylation sites is 1. The topological polar surface area (TPSA) is 107 Å². The molecular formula is C22H22N2O6. The van der Waals surface area contributed by atoms with Gasteiger partial charge in [-0.1, -0.05) is 18.2 Å². The molecule has 3 aromatic rings. The molecule has 0 bridgehead atoms. The number of fused-ring (bicyclic) bond motifs is 1. The lowest BCUT2D eigenvalue weighted by Crippen LogP contribution is -2.21. The molecular weight excluding hydrogens is 388 g/mol. The number of rotatable bonds is 8. The van der Waals surface area contributed by atoms with Crippen LogP contribution in [0.25, 0.3) is 11.0 Å². The monoisotopic (exact) mass is 410 g/mol. The number of amides is 2. The molecule has 0 unspecified atom stereocenters. The Morgan fingerprint density at radius 1 is 0.967 bits per heavy atom. The molecule has 0 aliphatic heterocycles. The molecule has 0 atom stereocenters. The maximum absolute atomic E-state index is 12.5. The first kappa shape index (κ1) is 21.1. The summed E-state index contributed by atoms with van der Waals surface area (Å²) in [4.78, 5) is 35.7. The minimum absolute atomic E-state index is 0.0251. The zero-order valence-electron chi connectivity index (χ0n) is 16.7. The highest BCUT2D eigenvalue weighted by molar-refractivity contribution is 5.98. The van der Waals surface area contributed by atoms with Gasteiger partial charge in [0, 0.05) is 35.9 Å². The van der Waals surface area contributed by atoms with E-state index in [2.05, 4.69) is 10.6 Å². The maximum atomic E-state index is 12.5. The Kier molecular flexibility index (Phi) is 6.82. The van der Waals surface area contributed by atoms with E-state index in [4.69, 9.17) is 13.9 Å². The minimum Gasteiger partial charge on any atom is -0.450 e. The summed E-state index contributed by atoms with van der Waals surface area (Å²) in [6, 6.07) is 13.8. The highest BCUT2D eigenvalue weighted by Crippen LogP contribution is 2.27. The van der Waals surface area contributed by atoms with Crippen molar-refractivity contribution in [3.05, 3.63) is 59.9 Å². The molecule has 30 heavy (non-hydrogen) atoms. The lowest BCUT2D eigenvalue weighted by Gasteiger charge is -2.08. The summed E-state index contributed by atoms with van der Waals surface area (Å²) in [5.41, 5.74) is 2.25. The molecule has 2 amide bonds. The minimum atomic E-state index is -0.739. The molecule has 8 heteroatoms. The van der Waals surface area contributed by atoms with Crippen LogP contribution in [-0.4, -0.2) is 31.0 Å². The molecule has 2 N–H and O–H groups in total. The molecule has 0 radical (unpaired) electrons. The first-order valence-electron chi connectivity index (χ1n) is 9.40. The van der Waals surface area contributed by atoms with Gasteiger partial charge in [-0.3, -0.25) is 9.59 Å². The molecule has 0 aliphatic rings. The van der Waals surface area contributed by atoms with Crippen molar-refractivity contribution in [2.45, 2.75) is 20.5 Å². The van der Waals surface area contributed by atoms with E-state index in [1.54, 1.807) is 36.4 Å². The van der Waals surface area contributed by atoms with Gasteiger partial charge in [-0.15, -0.1) is 0 Å². The van der Waals surface area contributed by atoms with Gasteiger partial charge in [0.2, 0.25) is 11.7 Å². The average Bonchev–Trinajstić information content (AvgIpc) is 3.10. The van der Waals surface area contributed by atoms with Crippen LogP contribution in [0.5, 0.6) is 0 Å². The molecule has 8 nitrogen and oxygen atoms in total. The summed E-state index contributed by atoms with van der Waals surface area (Å²) in [5, 5.41) is 6.02. The SMILES string of the molecule is CCOCc1c(C(=O)OCC(=O)Nc2ccc(NC(C)=O)cc2)oc2ccccc12. The number of anilines is 2. The van der Waals surface area contributed by atoms with Crippen LogP contribution in [0.3, 0.4) is 0 Å². The van der Waals surface area contributed by atoms with Gasteiger partial charge in [0.1, 0.15) is 5.58 Å². The number of esters is 1. The Morgan fingerprint density at radius 3 is 2.30 bits per heavy atom. The second-order valence-corrected chi connectivity index (χ2v) is 6.43. The van der Waals surface area contributed by atoms with Gasteiger partial charge in [-0.2, -0.15) is 0 Å². The highest BCUT2D eigenvalue weighted by Gasteiger charge is 2.22. The number of carbonyl (C=O) groups is 3. The van der Waals surface area contributed by atoms with Crippen molar-refractivity contribution in [1.29, 1.82) is 0 Å². The molecule has 0 saturated carbocycles. The second kappa shape index (κ2) is 9.71.